The molecule has 2 nitrogen and oxygen atoms in total. The van der Waals surface area contributed by atoms with Gasteiger partial charge in [0.05, 0.1) is 11.4 Å². The van der Waals surface area contributed by atoms with E-state index in [4.69, 9.17) is 9.98 Å². The number of amidine groups is 1. The summed E-state index contributed by atoms with van der Waals surface area (Å²) in [6, 6.07) is 61.6. The van der Waals surface area contributed by atoms with Crippen LogP contribution >= 0.6 is 11.3 Å². The molecule has 8 aromatic carbocycles. The van der Waals surface area contributed by atoms with Gasteiger partial charge in [-0.3, -0.25) is 0 Å². The zero-order valence-corrected chi connectivity index (χ0v) is 31.0. The monoisotopic (exact) mass is 718 g/mol. The van der Waals surface area contributed by atoms with Gasteiger partial charge >= 0.3 is 0 Å². The van der Waals surface area contributed by atoms with Crippen molar-refractivity contribution in [1.82, 2.24) is 0 Å². The Labute approximate surface area is 323 Å². The molecule has 0 unspecified atom stereocenters. The topological polar surface area (TPSA) is 24.7 Å². The van der Waals surface area contributed by atoms with Crippen LogP contribution in [0, 0.1) is 0 Å². The fraction of sp³-hybridized carbons (Fsp3) is 0.0385. The number of aliphatic imine (C=N–C) groups is 2. The van der Waals surface area contributed by atoms with Crippen LogP contribution in [-0.4, -0.2) is 11.5 Å². The van der Waals surface area contributed by atoms with Crippen molar-refractivity contribution in [2.24, 2.45) is 9.98 Å². The third kappa shape index (κ3) is 5.01. The highest BCUT2D eigenvalue weighted by atomic mass is 32.1. The number of rotatable bonds is 4. The third-order valence-electron chi connectivity index (χ3n) is 11.6. The van der Waals surface area contributed by atoms with Crippen LogP contribution in [0.4, 0.5) is 0 Å². The molecule has 9 aromatic rings. The van der Waals surface area contributed by atoms with Crippen LogP contribution < -0.4 is 0 Å². The maximum Gasteiger partial charge on any atom is 0.161 e. The number of allylic oxidation sites excluding steroid dienone is 3. The molecule has 1 aliphatic carbocycles. The van der Waals surface area contributed by atoms with Gasteiger partial charge in [0.15, 0.2) is 5.84 Å². The van der Waals surface area contributed by atoms with Gasteiger partial charge in [0.25, 0.3) is 0 Å². The first-order chi connectivity index (χ1) is 27.1. The molecule has 0 radical (unpaired) electrons. The first-order valence-corrected chi connectivity index (χ1v) is 19.6. The summed E-state index contributed by atoms with van der Waals surface area (Å²) < 4.78 is 2.49. The minimum atomic E-state index is -0.299. The molecule has 0 spiro atoms. The van der Waals surface area contributed by atoms with Crippen molar-refractivity contribution < 1.29 is 0 Å². The summed E-state index contributed by atoms with van der Waals surface area (Å²) in [5.74, 6) is 0.701. The fourth-order valence-electron chi connectivity index (χ4n) is 8.87. The van der Waals surface area contributed by atoms with Gasteiger partial charge in [-0.2, -0.15) is 0 Å². The summed E-state index contributed by atoms with van der Waals surface area (Å²) in [6.07, 6.45) is 6.40. The number of nitrogens with zero attached hydrogens (tertiary/aromatic N) is 2. The average Bonchev–Trinajstić information content (AvgIpc) is 3.74. The SMILES string of the molecule is CC1(c2ccc3cccc(C4=C/C=C/C(c5ccc6ccccc6c5)=NC(c5cccc6sc7ccccc7c56)=N4)c3c2)c2ccccc2-c2ccccc21. The largest absolute Gasteiger partial charge is 0.228 e. The summed E-state index contributed by atoms with van der Waals surface area (Å²) in [6.45, 7) is 2.38. The first-order valence-electron chi connectivity index (χ1n) is 18.8. The average molecular weight is 719 g/mol. The maximum absolute atomic E-state index is 5.56. The van der Waals surface area contributed by atoms with Gasteiger partial charge in [-0.25, -0.2) is 9.98 Å². The van der Waals surface area contributed by atoms with Gasteiger partial charge in [0.2, 0.25) is 0 Å². The zero-order chi connectivity index (χ0) is 36.5. The molecule has 0 N–H and O–H groups in total. The summed E-state index contributed by atoms with van der Waals surface area (Å²) in [7, 11) is 0. The molecular formula is C52H34N2S. The standard InChI is InChI=1S/C52H34N2S/c1-52(44-21-7-4-16-38(44)39-17-5-8-22-45(39)52)37-30-29-34-15-10-19-40(43(34)32-37)47-24-12-23-46(36-28-27-33-13-2-3-14-35(33)31-36)53-51(54-47)42-20-11-26-49-50(42)41-18-6-9-25-48(41)55-49/h2-32H,1H3/b23-12+,24-12?,46-23?,47-24?,53-46?,53-51?,54-47?,54-51?. The zero-order valence-electron chi connectivity index (χ0n) is 30.2. The van der Waals surface area contributed by atoms with E-state index < -0.39 is 0 Å². The molecule has 3 heteroatoms. The molecule has 2 heterocycles. The van der Waals surface area contributed by atoms with E-state index in [2.05, 4.69) is 195 Å². The molecule has 1 aromatic heterocycles. The Bertz CT molecular complexity index is 3130. The van der Waals surface area contributed by atoms with E-state index >= 15 is 0 Å². The van der Waals surface area contributed by atoms with Crippen molar-refractivity contribution in [3.8, 4) is 11.1 Å². The Morgan fingerprint density at radius 1 is 0.491 bits per heavy atom. The maximum atomic E-state index is 5.56. The molecule has 0 saturated carbocycles. The summed E-state index contributed by atoms with van der Waals surface area (Å²) in [4.78, 5) is 11.0. The lowest BCUT2D eigenvalue weighted by atomic mass is 9.73. The Morgan fingerprint density at radius 3 is 2.00 bits per heavy atom. The van der Waals surface area contributed by atoms with Crippen molar-refractivity contribution >= 4 is 70.3 Å². The van der Waals surface area contributed by atoms with Crippen molar-refractivity contribution in [3.63, 3.8) is 0 Å². The van der Waals surface area contributed by atoms with E-state index in [-0.39, 0.29) is 5.41 Å². The van der Waals surface area contributed by atoms with E-state index in [0.29, 0.717) is 5.84 Å². The molecule has 258 valence electrons. The minimum Gasteiger partial charge on any atom is -0.228 e. The van der Waals surface area contributed by atoms with Crippen LogP contribution in [0.15, 0.2) is 198 Å². The lowest BCUT2D eigenvalue weighted by Gasteiger charge is -2.29. The van der Waals surface area contributed by atoms with Crippen LogP contribution in [0.5, 0.6) is 0 Å². The molecule has 0 atom stereocenters. The van der Waals surface area contributed by atoms with Crippen molar-refractivity contribution in [2.75, 3.05) is 0 Å². The van der Waals surface area contributed by atoms with E-state index in [0.717, 1.165) is 28.1 Å². The highest BCUT2D eigenvalue weighted by molar-refractivity contribution is 7.25. The van der Waals surface area contributed by atoms with Gasteiger partial charge in [-0.1, -0.05) is 152 Å². The Morgan fingerprint density at radius 2 is 1.15 bits per heavy atom. The van der Waals surface area contributed by atoms with Crippen LogP contribution in [-0.2, 0) is 5.41 Å². The number of fused-ring (bicyclic) bond motifs is 8. The van der Waals surface area contributed by atoms with Gasteiger partial charge in [-0.15, -0.1) is 11.3 Å². The number of hydrogen-bond donors (Lipinski definition) is 0. The van der Waals surface area contributed by atoms with Crippen LogP contribution in [0.2, 0.25) is 0 Å². The molecule has 0 fully saturated rings. The fourth-order valence-corrected chi connectivity index (χ4v) is 10.0. The second-order valence-electron chi connectivity index (χ2n) is 14.6. The molecule has 0 saturated heterocycles. The molecule has 0 amide bonds. The molecule has 11 rings (SSSR count). The van der Waals surface area contributed by atoms with Gasteiger partial charge < -0.3 is 0 Å². The Kier molecular flexibility index (Phi) is 7.20. The molecule has 1 aliphatic heterocycles. The molecule has 2 aliphatic rings. The smallest absolute Gasteiger partial charge is 0.161 e. The summed E-state index contributed by atoms with van der Waals surface area (Å²) in [5.41, 5.74) is 11.2. The van der Waals surface area contributed by atoms with E-state index in [1.807, 2.05) is 11.3 Å². The van der Waals surface area contributed by atoms with E-state index in [1.54, 1.807) is 0 Å². The number of benzene rings is 8. The van der Waals surface area contributed by atoms with Crippen LogP contribution in [0.1, 0.15) is 40.3 Å². The van der Waals surface area contributed by atoms with Crippen molar-refractivity contribution in [3.05, 3.63) is 221 Å². The van der Waals surface area contributed by atoms with Gasteiger partial charge in [0.1, 0.15) is 0 Å². The normalized spacial score (nSPS) is 15.3. The van der Waals surface area contributed by atoms with E-state index in [9.17, 15) is 0 Å². The highest BCUT2D eigenvalue weighted by Gasteiger charge is 2.40. The second-order valence-corrected chi connectivity index (χ2v) is 15.7. The summed E-state index contributed by atoms with van der Waals surface area (Å²) >= 11 is 1.82. The number of thiophene rings is 1. The predicted molar refractivity (Wildman–Crippen MR) is 235 cm³/mol. The number of hydrogen-bond acceptors (Lipinski definition) is 3. The van der Waals surface area contributed by atoms with E-state index in [1.165, 1.54) is 69.5 Å². The minimum absolute atomic E-state index is 0.299. The first kappa shape index (κ1) is 31.8. The van der Waals surface area contributed by atoms with Crippen LogP contribution in [0.25, 0.3) is 58.5 Å². The third-order valence-corrected chi connectivity index (χ3v) is 12.7. The second kappa shape index (κ2) is 12.4. The van der Waals surface area contributed by atoms with Crippen LogP contribution in [0.3, 0.4) is 0 Å². The quantitative estimate of drug-likeness (QED) is 0.173. The van der Waals surface area contributed by atoms with Gasteiger partial charge in [0, 0.05) is 42.3 Å². The van der Waals surface area contributed by atoms with Crippen molar-refractivity contribution in [2.45, 2.75) is 12.3 Å². The molecular weight excluding hydrogens is 685 g/mol. The van der Waals surface area contributed by atoms with Crippen molar-refractivity contribution in [1.29, 1.82) is 0 Å². The lowest BCUT2D eigenvalue weighted by molar-refractivity contribution is 0.715. The Balaban J connectivity index is 1.12. The highest BCUT2D eigenvalue weighted by Crippen LogP contribution is 2.52. The molecule has 0 bridgehead atoms. The molecule has 55 heavy (non-hydrogen) atoms. The summed E-state index contributed by atoms with van der Waals surface area (Å²) in [5, 5.41) is 7.17. The lowest BCUT2D eigenvalue weighted by Crippen LogP contribution is -2.22. The Hall–Kier alpha value is -6.68. The predicted octanol–water partition coefficient (Wildman–Crippen LogP) is 13.5. The van der Waals surface area contributed by atoms with Gasteiger partial charge in [-0.05, 0) is 92.7 Å².